The van der Waals surface area contributed by atoms with Gasteiger partial charge in [-0.2, -0.15) is 0 Å². The van der Waals surface area contributed by atoms with Crippen molar-refractivity contribution in [1.29, 1.82) is 0 Å². The summed E-state index contributed by atoms with van der Waals surface area (Å²) in [6, 6.07) is 4.60. The molecule has 16 heavy (non-hydrogen) atoms. The van der Waals surface area contributed by atoms with E-state index in [1.54, 1.807) is 12.1 Å². The molecule has 0 bridgehead atoms. The highest BCUT2D eigenvalue weighted by Crippen LogP contribution is 2.27. The summed E-state index contributed by atoms with van der Waals surface area (Å²) in [5.41, 5.74) is -0.299. The van der Waals surface area contributed by atoms with Gasteiger partial charge in [0.1, 0.15) is 16.9 Å². The van der Waals surface area contributed by atoms with E-state index in [9.17, 15) is 4.79 Å². The van der Waals surface area contributed by atoms with E-state index < -0.39 is 11.6 Å². The molecule has 3 nitrogen and oxygen atoms in total. The van der Waals surface area contributed by atoms with Crippen LogP contribution < -0.4 is 4.74 Å². The normalized spacial score (nSPS) is 11.2. The number of hydrogen-bond acceptors (Lipinski definition) is 2. The maximum absolute atomic E-state index is 11.0. The molecule has 0 aliphatic carbocycles. The third-order valence-electron chi connectivity index (χ3n) is 2.41. The maximum atomic E-state index is 11.0. The minimum Gasteiger partial charge on any atom is -0.487 e. The zero-order valence-electron chi connectivity index (χ0n) is 9.58. The Balaban J connectivity index is 3.09. The van der Waals surface area contributed by atoms with Crippen LogP contribution in [0.2, 0.25) is 5.02 Å². The summed E-state index contributed by atoms with van der Waals surface area (Å²) >= 11 is 5.75. The Morgan fingerprint density at radius 2 is 2.12 bits per heavy atom. The molecule has 0 aliphatic heterocycles. The molecule has 0 fully saturated rings. The van der Waals surface area contributed by atoms with Crippen LogP contribution >= 0.6 is 11.6 Å². The Bertz CT molecular complexity index is 399. The highest BCUT2D eigenvalue weighted by atomic mass is 35.5. The van der Waals surface area contributed by atoms with Crippen LogP contribution in [0.4, 0.5) is 0 Å². The third-order valence-corrected chi connectivity index (χ3v) is 2.64. The molecule has 1 rings (SSSR count). The van der Waals surface area contributed by atoms with Gasteiger partial charge in [0.25, 0.3) is 0 Å². The quantitative estimate of drug-likeness (QED) is 0.877. The molecule has 4 heteroatoms. The molecule has 0 aliphatic rings. The summed E-state index contributed by atoms with van der Waals surface area (Å²) in [6.45, 7) is 5.80. The van der Waals surface area contributed by atoms with Crippen molar-refractivity contribution >= 4 is 17.6 Å². The Morgan fingerprint density at radius 3 is 2.62 bits per heavy atom. The van der Waals surface area contributed by atoms with Crippen LogP contribution in [0, 0.1) is 0 Å². The fraction of sp³-hybridized carbons (Fsp3) is 0.417. The van der Waals surface area contributed by atoms with Gasteiger partial charge in [-0.15, -0.1) is 0 Å². The zero-order valence-corrected chi connectivity index (χ0v) is 10.3. The van der Waals surface area contributed by atoms with Crippen LogP contribution in [-0.4, -0.2) is 16.7 Å². The summed E-state index contributed by atoms with van der Waals surface area (Å²) in [5, 5.41) is 9.41. The number of rotatable bonds is 4. The SMILES string of the molecule is CCC(C)(C)Oc1ccc(Cl)cc1C(=O)O. The van der Waals surface area contributed by atoms with E-state index in [0.29, 0.717) is 10.8 Å². The largest absolute Gasteiger partial charge is 0.487 e. The fourth-order valence-corrected chi connectivity index (χ4v) is 1.30. The first-order valence-corrected chi connectivity index (χ1v) is 5.45. The highest BCUT2D eigenvalue weighted by molar-refractivity contribution is 6.31. The van der Waals surface area contributed by atoms with Crippen LogP contribution in [0.3, 0.4) is 0 Å². The molecule has 88 valence electrons. The van der Waals surface area contributed by atoms with Crippen LogP contribution in [0.15, 0.2) is 18.2 Å². The van der Waals surface area contributed by atoms with E-state index in [0.717, 1.165) is 6.42 Å². The molecular weight excluding hydrogens is 228 g/mol. The lowest BCUT2D eigenvalue weighted by atomic mass is 10.1. The maximum Gasteiger partial charge on any atom is 0.339 e. The van der Waals surface area contributed by atoms with Gasteiger partial charge in [-0.3, -0.25) is 0 Å². The van der Waals surface area contributed by atoms with Gasteiger partial charge in [0.2, 0.25) is 0 Å². The van der Waals surface area contributed by atoms with Gasteiger partial charge < -0.3 is 9.84 Å². The van der Waals surface area contributed by atoms with Gasteiger partial charge in [0, 0.05) is 5.02 Å². The average Bonchev–Trinajstić information content (AvgIpc) is 2.20. The number of hydrogen-bond donors (Lipinski definition) is 1. The molecule has 1 aromatic carbocycles. The Morgan fingerprint density at radius 1 is 1.50 bits per heavy atom. The molecule has 0 spiro atoms. The second-order valence-electron chi connectivity index (χ2n) is 4.16. The zero-order chi connectivity index (χ0) is 12.3. The minimum atomic E-state index is -1.04. The monoisotopic (exact) mass is 242 g/mol. The van der Waals surface area contributed by atoms with Gasteiger partial charge in [0.15, 0.2) is 0 Å². The van der Waals surface area contributed by atoms with Gasteiger partial charge in [-0.25, -0.2) is 4.79 Å². The summed E-state index contributed by atoms with van der Waals surface area (Å²) < 4.78 is 5.66. The number of carboxylic acids is 1. The Labute approximate surface area is 100.0 Å². The molecule has 1 aromatic rings. The first-order chi connectivity index (χ1) is 7.35. The van der Waals surface area contributed by atoms with Crippen molar-refractivity contribution in [3.05, 3.63) is 28.8 Å². The lowest BCUT2D eigenvalue weighted by Crippen LogP contribution is -2.27. The summed E-state index contributed by atoms with van der Waals surface area (Å²) in [5.74, 6) is -0.687. The Hall–Kier alpha value is -1.22. The summed E-state index contributed by atoms with van der Waals surface area (Å²) in [4.78, 5) is 11.0. The van der Waals surface area contributed by atoms with Crippen molar-refractivity contribution in [2.45, 2.75) is 32.8 Å². The number of ether oxygens (including phenoxy) is 1. The molecule has 0 amide bonds. The van der Waals surface area contributed by atoms with Gasteiger partial charge in [0.05, 0.1) is 0 Å². The van der Waals surface area contributed by atoms with Crippen LogP contribution in [0.5, 0.6) is 5.75 Å². The van der Waals surface area contributed by atoms with Crippen molar-refractivity contribution < 1.29 is 14.6 Å². The molecule has 0 unspecified atom stereocenters. The number of aromatic carboxylic acids is 1. The number of carbonyl (C=O) groups is 1. The van der Waals surface area contributed by atoms with E-state index in [4.69, 9.17) is 21.4 Å². The van der Waals surface area contributed by atoms with Crippen molar-refractivity contribution in [3.8, 4) is 5.75 Å². The van der Waals surface area contributed by atoms with Crippen molar-refractivity contribution in [3.63, 3.8) is 0 Å². The van der Waals surface area contributed by atoms with E-state index in [1.807, 2.05) is 20.8 Å². The average molecular weight is 243 g/mol. The predicted octanol–water partition coefficient (Wildman–Crippen LogP) is 3.61. The van der Waals surface area contributed by atoms with Crippen LogP contribution in [0.1, 0.15) is 37.6 Å². The molecule has 0 aromatic heterocycles. The summed E-state index contributed by atoms with van der Waals surface area (Å²) in [6.07, 6.45) is 0.786. The van der Waals surface area contributed by atoms with Crippen LogP contribution in [0.25, 0.3) is 0 Å². The summed E-state index contributed by atoms with van der Waals surface area (Å²) in [7, 11) is 0. The number of carboxylic acid groups (broad SMARTS) is 1. The predicted molar refractivity (Wildman–Crippen MR) is 63.4 cm³/mol. The van der Waals surface area contributed by atoms with Gasteiger partial charge >= 0.3 is 5.97 Å². The van der Waals surface area contributed by atoms with E-state index in [-0.39, 0.29) is 5.56 Å². The van der Waals surface area contributed by atoms with E-state index >= 15 is 0 Å². The standard InChI is InChI=1S/C12H15ClO3/c1-4-12(2,3)16-10-6-5-8(13)7-9(10)11(14)15/h5-7H,4H2,1-3H3,(H,14,15). The lowest BCUT2D eigenvalue weighted by Gasteiger charge is -2.25. The number of benzene rings is 1. The molecule has 0 radical (unpaired) electrons. The molecule has 0 saturated heterocycles. The molecule has 0 heterocycles. The number of halogens is 1. The topological polar surface area (TPSA) is 46.5 Å². The molecule has 0 atom stereocenters. The van der Waals surface area contributed by atoms with E-state index in [2.05, 4.69) is 0 Å². The molecule has 1 N–H and O–H groups in total. The third kappa shape index (κ3) is 3.14. The second kappa shape index (κ2) is 4.74. The smallest absolute Gasteiger partial charge is 0.339 e. The minimum absolute atomic E-state index is 0.0917. The van der Waals surface area contributed by atoms with Crippen LogP contribution in [-0.2, 0) is 0 Å². The lowest BCUT2D eigenvalue weighted by molar-refractivity contribution is 0.0672. The van der Waals surface area contributed by atoms with Crippen molar-refractivity contribution in [2.75, 3.05) is 0 Å². The van der Waals surface area contributed by atoms with Gasteiger partial charge in [-0.05, 0) is 38.5 Å². The fourth-order valence-electron chi connectivity index (χ4n) is 1.13. The second-order valence-corrected chi connectivity index (χ2v) is 4.60. The van der Waals surface area contributed by atoms with E-state index in [1.165, 1.54) is 6.07 Å². The molecular formula is C12H15ClO3. The van der Waals surface area contributed by atoms with Crippen molar-refractivity contribution in [2.24, 2.45) is 0 Å². The highest BCUT2D eigenvalue weighted by Gasteiger charge is 2.21. The first kappa shape index (κ1) is 12.8. The molecule has 0 saturated carbocycles. The Kier molecular flexibility index (Phi) is 3.81. The van der Waals surface area contributed by atoms with Gasteiger partial charge in [-0.1, -0.05) is 18.5 Å². The first-order valence-electron chi connectivity index (χ1n) is 5.07. The van der Waals surface area contributed by atoms with Crippen molar-refractivity contribution in [1.82, 2.24) is 0 Å².